The molecule has 10 heteroatoms. The van der Waals surface area contributed by atoms with Gasteiger partial charge < -0.3 is 15.2 Å². The maximum absolute atomic E-state index is 13.5. The van der Waals surface area contributed by atoms with Crippen molar-refractivity contribution < 1.29 is 18.4 Å². The maximum Gasteiger partial charge on any atom is 0.268 e. The number of aromatic nitrogens is 3. The van der Waals surface area contributed by atoms with Gasteiger partial charge in [0.25, 0.3) is 11.8 Å². The van der Waals surface area contributed by atoms with Gasteiger partial charge in [-0.25, -0.2) is 13.8 Å². The molecule has 0 radical (unpaired) electrons. The van der Waals surface area contributed by atoms with Gasteiger partial charge in [0.1, 0.15) is 11.9 Å². The summed E-state index contributed by atoms with van der Waals surface area (Å²) in [7, 11) is 0. The fourth-order valence-corrected chi connectivity index (χ4v) is 3.51. The van der Waals surface area contributed by atoms with Crippen LogP contribution in [0.5, 0.6) is 0 Å². The number of H-pyrrole nitrogens is 1. The fraction of sp³-hybridized carbons (Fsp3) is 0.227. The smallest absolute Gasteiger partial charge is 0.268 e. The molecule has 1 fully saturated rings. The topological polar surface area (TPSA) is 115 Å². The molecular weight excluding hydrogens is 418 g/mol. The number of hydrogen-bond donors (Lipinski definition) is 2. The Morgan fingerprint density at radius 3 is 2.91 bits per heavy atom. The van der Waals surface area contributed by atoms with Crippen LogP contribution >= 0.6 is 0 Å². The summed E-state index contributed by atoms with van der Waals surface area (Å²) in [6, 6.07) is 9.52. The van der Waals surface area contributed by atoms with E-state index in [4.69, 9.17) is 5.26 Å². The monoisotopic (exact) mass is 436 g/mol. The molecule has 1 saturated heterocycles. The van der Waals surface area contributed by atoms with Crippen molar-refractivity contribution >= 4 is 35.0 Å². The van der Waals surface area contributed by atoms with Crippen molar-refractivity contribution in [2.24, 2.45) is 0 Å². The molecule has 1 aliphatic rings. The van der Waals surface area contributed by atoms with E-state index in [1.807, 2.05) is 24.3 Å². The summed E-state index contributed by atoms with van der Waals surface area (Å²) < 4.78 is 27.1. The van der Waals surface area contributed by atoms with Crippen LogP contribution in [-0.2, 0) is 4.79 Å². The molecule has 3 aromatic rings. The zero-order chi connectivity index (χ0) is 22.7. The summed E-state index contributed by atoms with van der Waals surface area (Å²) in [6.07, 6.45) is 5.58. The summed E-state index contributed by atoms with van der Waals surface area (Å²) in [4.78, 5) is 37.3. The molecule has 1 aliphatic heterocycles. The Balaban J connectivity index is 1.44. The van der Waals surface area contributed by atoms with Gasteiger partial charge in [-0.05, 0) is 30.4 Å². The van der Waals surface area contributed by atoms with Gasteiger partial charge in [0, 0.05) is 29.9 Å². The number of para-hydroxylation sites is 2. The number of rotatable bonds is 5. The van der Waals surface area contributed by atoms with Gasteiger partial charge in [0.15, 0.2) is 0 Å². The lowest BCUT2D eigenvalue weighted by Crippen LogP contribution is -2.43. The van der Waals surface area contributed by atoms with E-state index in [9.17, 15) is 18.4 Å². The molecule has 4 rings (SSSR count). The Kier molecular flexibility index (Phi) is 5.64. The molecule has 162 valence electrons. The number of likely N-dealkylation sites (tertiary alicyclic amines) is 1. The molecule has 0 bridgehead atoms. The second-order valence-electron chi connectivity index (χ2n) is 7.34. The van der Waals surface area contributed by atoms with Crippen LogP contribution in [0.1, 0.15) is 28.2 Å². The normalized spacial score (nSPS) is 17.5. The highest BCUT2D eigenvalue weighted by molar-refractivity contribution is 6.00. The third-order valence-electron chi connectivity index (χ3n) is 5.06. The van der Waals surface area contributed by atoms with E-state index < -0.39 is 43.3 Å². The number of halogens is 2. The zero-order valence-electron chi connectivity index (χ0n) is 16.8. The van der Waals surface area contributed by atoms with Gasteiger partial charge >= 0.3 is 0 Å². The summed E-state index contributed by atoms with van der Waals surface area (Å²) in [6.45, 7) is -1.33. The first kappa shape index (κ1) is 21.1. The number of carbonyl (C=O) groups is 2. The van der Waals surface area contributed by atoms with Gasteiger partial charge in [-0.2, -0.15) is 5.26 Å². The summed E-state index contributed by atoms with van der Waals surface area (Å²) in [5.41, 5.74) is 2.42. The molecule has 0 aliphatic carbocycles. The molecule has 2 aromatic heterocycles. The summed E-state index contributed by atoms with van der Waals surface area (Å²) in [5, 5.41) is 11.5. The first-order valence-electron chi connectivity index (χ1n) is 9.78. The number of hydrogen-bond acceptors (Lipinski definition) is 5. The van der Waals surface area contributed by atoms with Crippen molar-refractivity contribution in [1.29, 1.82) is 5.26 Å². The molecule has 2 amide bonds. The van der Waals surface area contributed by atoms with Crippen LogP contribution in [0.4, 0.5) is 8.78 Å². The van der Waals surface area contributed by atoms with Gasteiger partial charge in [-0.15, -0.1) is 0 Å². The third kappa shape index (κ3) is 4.46. The lowest BCUT2D eigenvalue weighted by atomic mass is 10.1. The molecule has 8 nitrogen and oxygen atoms in total. The van der Waals surface area contributed by atoms with Gasteiger partial charge in [-0.3, -0.25) is 14.6 Å². The second-order valence-corrected chi connectivity index (χ2v) is 7.34. The van der Waals surface area contributed by atoms with Crippen LogP contribution in [-0.4, -0.2) is 56.7 Å². The number of nitrogens with zero attached hydrogens (tertiary/aromatic N) is 4. The number of carbonyl (C=O) groups excluding carboxylic acids is 2. The van der Waals surface area contributed by atoms with E-state index in [0.717, 1.165) is 15.9 Å². The highest BCUT2D eigenvalue weighted by Crippen LogP contribution is 2.31. The van der Waals surface area contributed by atoms with E-state index in [2.05, 4.69) is 20.3 Å². The van der Waals surface area contributed by atoms with Crippen molar-refractivity contribution in [2.45, 2.75) is 18.4 Å². The van der Waals surface area contributed by atoms with Crippen molar-refractivity contribution in [3.63, 3.8) is 0 Å². The number of nitrogens with one attached hydrogen (secondary N) is 2. The number of fused-ring (bicyclic) bond motifs is 1. The van der Waals surface area contributed by atoms with E-state index >= 15 is 0 Å². The number of benzene rings is 1. The van der Waals surface area contributed by atoms with Gasteiger partial charge in [0.2, 0.25) is 5.91 Å². The molecule has 1 atom stereocenters. The first-order valence-corrected chi connectivity index (χ1v) is 9.78. The van der Waals surface area contributed by atoms with Crippen LogP contribution in [0.25, 0.3) is 23.2 Å². The number of amides is 2. The Bertz CT molecular complexity index is 1210. The SMILES string of the molecule is N#CC1CC(F)(F)CN1C(=O)CNC(=O)c1ccncc1/C=C/c1nc2ccccc2[nH]1. The van der Waals surface area contributed by atoms with Crippen molar-refractivity contribution in [3.8, 4) is 6.07 Å². The molecule has 32 heavy (non-hydrogen) atoms. The number of alkyl halides is 2. The van der Waals surface area contributed by atoms with E-state index in [-0.39, 0.29) is 5.56 Å². The lowest BCUT2D eigenvalue weighted by molar-refractivity contribution is -0.131. The standard InChI is InChI=1S/C22H18F2N6O2/c23-22(24)9-15(10-25)30(13-22)20(31)12-27-21(32)16-7-8-26-11-14(16)5-6-19-28-17-3-1-2-4-18(17)29-19/h1-8,11,15H,9,12-13H2,(H,27,32)(H,28,29)/b6-5+. The molecule has 2 N–H and O–H groups in total. The summed E-state index contributed by atoms with van der Waals surface area (Å²) >= 11 is 0. The number of imidazole rings is 1. The highest BCUT2D eigenvalue weighted by atomic mass is 19.3. The minimum atomic E-state index is -3.11. The lowest BCUT2D eigenvalue weighted by Gasteiger charge is -2.19. The van der Waals surface area contributed by atoms with Crippen LogP contribution < -0.4 is 5.32 Å². The minimum Gasteiger partial charge on any atom is -0.343 e. The number of aromatic amines is 1. The average molecular weight is 436 g/mol. The number of nitriles is 1. The predicted octanol–water partition coefficient (Wildman–Crippen LogP) is 2.62. The van der Waals surface area contributed by atoms with Crippen molar-refractivity contribution in [1.82, 2.24) is 25.2 Å². The van der Waals surface area contributed by atoms with E-state index in [0.29, 0.717) is 11.4 Å². The minimum absolute atomic E-state index is 0.253. The van der Waals surface area contributed by atoms with Crippen LogP contribution in [0, 0.1) is 11.3 Å². The Morgan fingerprint density at radius 2 is 2.12 bits per heavy atom. The quantitative estimate of drug-likeness (QED) is 0.638. The molecule has 0 spiro atoms. The maximum atomic E-state index is 13.5. The average Bonchev–Trinajstić information content (AvgIpc) is 3.35. The first-order chi connectivity index (χ1) is 15.4. The Labute approximate surface area is 181 Å². The highest BCUT2D eigenvalue weighted by Gasteiger charge is 2.47. The van der Waals surface area contributed by atoms with E-state index in [1.54, 1.807) is 18.2 Å². The van der Waals surface area contributed by atoms with Crippen LogP contribution in [0.2, 0.25) is 0 Å². The molecule has 1 unspecified atom stereocenters. The van der Waals surface area contributed by atoms with Crippen LogP contribution in [0.15, 0.2) is 42.7 Å². The van der Waals surface area contributed by atoms with E-state index in [1.165, 1.54) is 18.5 Å². The van der Waals surface area contributed by atoms with Gasteiger partial charge in [0.05, 0.1) is 30.2 Å². The molecule has 0 saturated carbocycles. The van der Waals surface area contributed by atoms with Crippen LogP contribution in [0.3, 0.4) is 0 Å². The zero-order valence-corrected chi connectivity index (χ0v) is 16.8. The third-order valence-corrected chi connectivity index (χ3v) is 5.06. The predicted molar refractivity (Wildman–Crippen MR) is 112 cm³/mol. The molecule has 3 heterocycles. The largest absolute Gasteiger partial charge is 0.343 e. The van der Waals surface area contributed by atoms with Gasteiger partial charge in [-0.1, -0.05) is 12.1 Å². The second kappa shape index (κ2) is 8.55. The Hall–Kier alpha value is -4.13. The Morgan fingerprint density at radius 1 is 1.31 bits per heavy atom. The summed E-state index contributed by atoms with van der Waals surface area (Å²) in [5.74, 6) is -3.83. The van der Waals surface area contributed by atoms with Crippen molar-refractivity contribution in [2.75, 3.05) is 13.1 Å². The van der Waals surface area contributed by atoms with Crippen molar-refractivity contribution in [3.05, 3.63) is 59.7 Å². The molecular formula is C22H18F2N6O2. The number of pyridine rings is 1. The fourth-order valence-electron chi connectivity index (χ4n) is 3.51. The molecule has 1 aromatic carbocycles.